The third kappa shape index (κ3) is 6.24. The van der Waals surface area contributed by atoms with Crippen molar-refractivity contribution in [3.63, 3.8) is 0 Å². The Balaban J connectivity index is 1.49. The molecule has 0 atom stereocenters. The molecule has 2 aromatic rings. The Kier molecular flexibility index (Phi) is 7.11. The predicted octanol–water partition coefficient (Wildman–Crippen LogP) is 2.38. The number of rotatable bonds is 10. The summed E-state index contributed by atoms with van der Waals surface area (Å²) in [6.07, 6.45) is 3.26. The molecule has 0 spiro atoms. The normalized spacial score (nSPS) is 14.9. The molecule has 2 aromatic carbocycles. The quantitative estimate of drug-likeness (QED) is 0.426. The van der Waals surface area contributed by atoms with Crippen LogP contribution in [0.1, 0.15) is 30.9 Å². The molecule has 0 saturated heterocycles. The van der Waals surface area contributed by atoms with Crippen LogP contribution in [0.2, 0.25) is 0 Å². The molecular weight excluding hydrogens is 364 g/mol. The maximum atomic E-state index is 10.8. The van der Waals surface area contributed by atoms with Crippen molar-refractivity contribution in [2.75, 3.05) is 26.2 Å². The molecule has 6 nitrogen and oxygen atoms in total. The van der Waals surface area contributed by atoms with E-state index >= 15 is 0 Å². The van der Waals surface area contributed by atoms with Gasteiger partial charge in [0.05, 0.1) is 6.54 Å². The summed E-state index contributed by atoms with van der Waals surface area (Å²) in [6.45, 7) is 4.39. The van der Waals surface area contributed by atoms with Gasteiger partial charge in [0.25, 0.3) is 5.91 Å². The van der Waals surface area contributed by atoms with E-state index < -0.39 is 5.91 Å². The Hall–Kier alpha value is -3.02. The van der Waals surface area contributed by atoms with Crippen LogP contribution in [0.25, 0.3) is 0 Å². The summed E-state index contributed by atoms with van der Waals surface area (Å²) in [5.41, 5.74) is 7.87. The molecule has 1 fully saturated rings. The summed E-state index contributed by atoms with van der Waals surface area (Å²) in [5, 5.41) is 6.75. The Morgan fingerprint density at radius 3 is 2.45 bits per heavy atom. The minimum absolute atomic E-state index is 0.103. The lowest BCUT2D eigenvalue weighted by atomic mass is 9.96. The standard InChI is InChI=1S/C23H30N4O2/c1-2-25-22(27-17-23(13-14-23)19-6-4-3-5-7-19)26-15-12-18-8-10-20(11-9-18)29-16-21(24)28/h3-11H,2,12-17H2,1H3,(H2,24,28)(H2,25,26,27). The number of nitrogens with zero attached hydrogens (tertiary/aromatic N) is 1. The summed E-state index contributed by atoms with van der Waals surface area (Å²) in [6, 6.07) is 18.4. The van der Waals surface area contributed by atoms with E-state index in [9.17, 15) is 4.79 Å². The highest BCUT2D eigenvalue weighted by molar-refractivity contribution is 5.79. The molecule has 0 unspecified atom stereocenters. The zero-order chi connectivity index (χ0) is 20.5. The van der Waals surface area contributed by atoms with Gasteiger partial charge in [0.1, 0.15) is 5.75 Å². The number of amides is 1. The number of hydrogen-bond donors (Lipinski definition) is 3. The molecule has 29 heavy (non-hydrogen) atoms. The Morgan fingerprint density at radius 2 is 1.83 bits per heavy atom. The first-order chi connectivity index (χ1) is 14.1. The SMILES string of the molecule is CCNC(=NCC1(c2ccccc2)CC1)NCCc1ccc(OCC(N)=O)cc1. The Morgan fingerprint density at radius 1 is 1.10 bits per heavy atom. The second-order valence-electron chi connectivity index (χ2n) is 7.42. The first-order valence-electron chi connectivity index (χ1n) is 10.2. The Bertz CT molecular complexity index is 815. The van der Waals surface area contributed by atoms with Gasteiger partial charge in [-0.1, -0.05) is 42.5 Å². The first-order valence-corrected chi connectivity index (χ1v) is 10.2. The number of nitrogens with one attached hydrogen (secondary N) is 2. The van der Waals surface area contributed by atoms with Gasteiger partial charge in [0.2, 0.25) is 0 Å². The summed E-state index contributed by atoms with van der Waals surface area (Å²) < 4.78 is 5.28. The molecule has 0 bridgehead atoms. The van der Waals surface area contributed by atoms with Crippen molar-refractivity contribution in [3.8, 4) is 5.75 Å². The second kappa shape index (κ2) is 9.96. The van der Waals surface area contributed by atoms with Crippen molar-refractivity contribution < 1.29 is 9.53 Å². The summed E-state index contributed by atoms with van der Waals surface area (Å²) in [7, 11) is 0. The van der Waals surface area contributed by atoms with Crippen LogP contribution in [0.15, 0.2) is 59.6 Å². The van der Waals surface area contributed by atoms with Gasteiger partial charge in [-0.2, -0.15) is 0 Å². The van der Waals surface area contributed by atoms with Crippen molar-refractivity contribution in [1.29, 1.82) is 0 Å². The third-order valence-corrected chi connectivity index (χ3v) is 5.13. The number of ether oxygens (including phenoxy) is 1. The molecule has 6 heteroatoms. The van der Waals surface area contributed by atoms with Gasteiger partial charge >= 0.3 is 0 Å². The lowest BCUT2D eigenvalue weighted by Gasteiger charge is -2.16. The maximum Gasteiger partial charge on any atom is 0.255 e. The predicted molar refractivity (Wildman–Crippen MR) is 116 cm³/mol. The molecule has 1 aliphatic carbocycles. The smallest absolute Gasteiger partial charge is 0.255 e. The van der Waals surface area contributed by atoms with Crippen molar-refractivity contribution in [2.24, 2.45) is 10.7 Å². The lowest BCUT2D eigenvalue weighted by molar-refractivity contribution is -0.119. The number of aliphatic imine (C=N–C) groups is 1. The van der Waals surface area contributed by atoms with Gasteiger partial charge in [-0.05, 0) is 49.4 Å². The summed E-state index contributed by atoms with van der Waals surface area (Å²) >= 11 is 0. The molecule has 3 rings (SSSR count). The van der Waals surface area contributed by atoms with Crippen LogP contribution in [0.5, 0.6) is 5.75 Å². The fourth-order valence-electron chi connectivity index (χ4n) is 3.28. The van der Waals surface area contributed by atoms with Crippen molar-refractivity contribution >= 4 is 11.9 Å². The number of hydrogen-bond acceptors (Lipinski definition) is 3. The highest BCUT2D eigenvalue weighted by Gasteiger charge is 2.43. The van der Waals surface area contributed by atoms with E-state index in [-0.39, 0.29) is 12.0 Å². The maximum absolute atomic E-state index is 10.8. The fourth-order valence-corrected chi connectivity index (χ4v) is 3.28. The molecule has 1 saturated carbocycles. The number of carbonyl (C=O) groups is 1. The van der Waals surface area contributed by atoms with Crippen LogP contribution >= 0.6 is 0 Å². The fraction of sp³-hybridized carbons (Fsp3) is 0.391. The number of primary amides is 1. The van der Waals surface area contributed by atoms with Crippen molar-refractivity contribution in [3.05, 3.63) is 65.7 Å². The van der Waals surface area contributed by atoms with Crippen LogP contribution in [0.4, 0.5) is 0 Å². The third-order valence-electron chi connectivity index (χ3n) is 5.13. The van der Waals surface area contributed by atoms with Crippen LogP contribution in [-0.2, 0) is 16.6 Å². The molecule has 0 aromatic heterocycles. The largest absolute Gasteiger partial charge is 0.484 e. The zero-order valence-electron chi connectivity index (χ0n) is 17.0. The second-order valence-corrected chi connectivity index (χ2v) is 7.42. The zero-order valence-corrected chi connectivity index (χ0v) is 17.0. The van der Waals surface area contributed by atoms with E-state index in [1.807, 2.05) is 24.3 Å². The van der Waals surface area contributed by atoms with Gasteiger partial charge in [0, 0.05) is 18.5 Å². The number of benzene rings is 2. The van der Waals surface area contributed by atoms with E-state index in [4.69, 9.17) is 15.5 Å². The number of carbonyl (C=O) groups excluding carboxylic acids is 1. The monoisotopic (exact) mass is 394 g/mol. The molecule has 154 valence electrons. The molecule has 1 amide bonds. The van der Waals surface area contributed by atoms with Crippen LogP contribution in [-0.4, -0.2) is 38.1 Å². The minimum Gasteiger partial charge on any atom is -0.484 e. The molecule has 0 radical (unpaired) electrons. The van der Waals surface area contributed by atoms with E-state index in [2.05, 4.69) is 47.9 Å². The average molecular weight is 395 g/mol. The highest BCUT2D eigenvalue weighted by Crippen LogP contribution is 2.48. The highest BCUT2D eigenvalue weighted by atomic mass is 16.5. The summed E-state index contributed by atoms with van der Waals surface area (Å²) in [4.78, 5) is 15.6. The minimum atomic E-state index is -0.478. The van der Waals surface area contributed by atoms with E-state index in [1.165, 1.54) is 24.0 Å². The van der Waals surface area contributed by atoms with Crippen molar-refractivity contribution in [2.45, 2.75) is 31.6 Å². The summed E-state index contributed by atoms with van der Waals surface area (Å²) in [5.74, 6) is 1.02. The number of guanidine groups is 1. The van der Waals surface area contributed by atoms with Gasteiger partial charge in [0.15, 0.2) is 12.6 Å². The molecule has 1 aliphatic rings. The van der Waals surface area contributed by atoms with Gasteiger partial charge < -0.3 is 21.1 Å². The molecule has 0 heterocycles. The van der Waals surface area contributed by atoms with Crippen molar-refractivity contribution in [1.82, 2.24) is 10.6 Å². The molecule has 4 N–H and O–H groups in total. The molecule has 0 aliphatic heterocycles. The first kappa shape index (κ1) is 20.7. The van der Waals surface area contributed by atoms with Crippen LogP contribution in [0.3, 0.4) is 0 Å². The lowest BCUT2D eigenvalue weighted by Crippen LogP contribution is -2.39. The average Bonchev–Trinajstić information content (AvgIpc) is 3.53. The Labute approximate surface area is 172 Å². The molecular formula is C23H30N4O2. The number of nitrogens with two attached hydrogens (primary N) is 1. The topological polar surface area (TPSA) is 88.7 Å². The van der Waals surface area contributed by atoms with Gasteiger partial charge in [-0.25, -0.2) is 0 Å². The van der Waals surface area contributed by atoms with Crippen LogP contribution < -0.4 is 21.1 Å². The van der Waals surface area contributed by atoms with Gasteiger partial charge in [-0.3, -0.25) is 9.79 Å². The van der Waals surface area contributed by atoms with E-state index in [0.717, 1.165) is 32.0 Å². The van der Waals surface area contributed by atoms with E-state index in [0.29, 0.717) is 5.75 Å². The van der Waals surface area contributed by atoms with E-state index in [1.54, 1.807) is 0 Å². The van der Waals surface area contributed by atoms with Gasteiger partial charge in [-0.15, -0.1) is 0 Å². The van der Waals surface area contributed by atoms with Crippen LogP contribution in [0, 0.1) is 0 Å².